The lowest BCUT2D eigenvalue weighted by molar-refractivity contribution is 0.492. The van der Waals surface area contributed by atoms with Crippen molar-refractivity contribution in [2.45, 2.75) is 25.8 Å². The summed E-state index contributed by atoms with van der Waals surface area (Å²) in [7, 11) is 0. The molecule has 6 heteroatoms. The number of furan rings is 1. The summed E-state index contributed by atoms with van der Waals surface area (Å²) in [5, 5.41) is 1.12. The minimum absolute atomic E-state index is 0.861. The maximum atomic E-state index is 5.40. The molecule has 0 aliphatic carbocycles. The number of nitrogens with zero attached hydrogens (tertiary/aromatic N) is 4. The predicted octanol–water partition coefficient (Wildman–Crippen LogP) is 3.44. The molecule has 114 valence electrons. The molecule has 1 aliphatic heterocycles. The molecule has 1 fully saturated rings. The molecule has 0 spiro atoms. The van der Waals surface area contributed by atoms with Gasteiger partial charge in [0.1, 0.15) is 5.76 Å². The number of hydrogen-bond acceptors (Lipinski definition) is 5. The van der Waals surface area contributed by atoms with Gasteiger partial charge < -0.3 is 13.9 Å². The largest absolute Gasteiger partial charge is 0.469 e. The summed E-state index contributed by atoms with van der Waals surface area (Å²) in [6, 6.07) is 3.93. The van der Waals surface area contributed by atoms with Crippen LogP contribution in [0, 0.1) is 0 Å². The Morgan fingerprint density at radius 2 is 2.14 bits per heavy atom. The minimum Gasteiger partial charge on any atom is -0.469 e. The van der Waals surface area contributed by atoms with Gasteiger partial charge in [-0.3, -0.25) is 0 Å². The summed E-state index contributed by atoms with van der Waals surface area (Å²) in [5.74, 6) is 2.00. The molecule has 0 saturated carbocycles. The van der Waals surface area contributed by atoms with Gasteiger partial charge in [0.2, 0.25) is 0 Å². The molecule has 5 nitrogen and oxygen atoms in total. The molecule has 4 heterocycles. The summed E-state index contributed by atoms with van der Waals surface area (Å²) >= 11 is 1.73. The van der Waals surface area contributed by atoms with E-state index in [1.54, 1.807) is 17.6 Å². The second-order valence-corrected chi connectivity index (χ2v) is 6.48. The molecule has 0 amide bonds. The fourth-order valence-electron chi connectivity index (χ4n) is 2.82. The summed E-state index contributed by atoms with van der Waals surface area (Å²) in [4.78, 5) is 12.6. The van der Waals surface area contributed by atoms with Gasteiger partial charge in [-0.25, -0.2) is 9.97 Å². The SMILES string of the molecule is c1coc(CCn2ccnc2-c2cnc(N3CCCC3)s2)c1. The van der Waals surface area contributed by atoms with Crippen molar-refractivity contribution in [3.63, 3.8) is 0 Å². The summed E-state index contributed by atoms with van der Waals surface area (Å²) in [5.41, 5.74) is 0. The first-order valence-electron chi connectivity index (χ1n) is 7.65. The Morgan fingerprint density at radius 1 is 1.23 bits per heavy atom. The van der Waals surface area contributed by atoms with E-state index in [9.17, 15) is 0 Å². The van der Waals surface area contributed by atoms with E-state index < -0.39 is 0 Å². The predicted molar refractivity (Wildman–Crippen MR) is 87.2 cm³/mol. The van der Waals surface area contributed by atoms with Crippen LogP contribution in [0.3, 0.4) is 0 Å². The van der Waals surface area contributed by atoms with Gasteiger partial charge in [-0.1, -0.05) is 11.3 Å². The number of anilines is 1. The zero-order chi connectivity index (χ0) is 14.8. The van der Waals surface area contributed by atoms with E-state index in [2.05, 4.69) is 19.4 Å². The van der Waals surface area contributed by atoms with Gasteiger partial charge in [0.25, 0.3) is 0 Å². The van der Waals surface area contributed by atoms with Crippen LogP contribution in [-0.4, -0.2) is 27.6 Å². The Labute approximate surface area is 133 Å². The summed E-state index contributed by atoms with van der Waals surface area (Å²) in [6.07, 6.45) is 11.0. The molecule has 0 N–H and O–H groups in total. The molecule has 0 aromatic carbocycles. The number of hydrogen-bond donors (Lipinski definition) is 0. The zero-order valence-corrected chi connectivity index (χ0v) is 13.1. The monoisotopic (exact) mass is 314 g/mol. The Hall–Kier alpha value is -2.08. The first-order chi connectivity index (χ1) is 10.9. The fraction of sp³-hybridized carbons (Fsp3) is 0.375. The standard InChI is InChI=1S/C16H18N4OS/c1-2-8-20(7-1)16-18-12-14(22-16)15-17-6-10-19(15)9-5-13-4-3-11-21-13/h3-4,6,10-12H,1-2,5,7-9H2. The van der Waals surface area contributed by atoms with Crippen LogP contribution in [0.4, 0.5) is 5.13 Å². The maximum Gasteiger partial charge on any atom is 0.185 e. The van der Waals surface area contributed by atoms with Gasteiger partial charge in [0.05, 0.1) is 17.3 Å². The molecule has 1 saturated heterocycles. The normalized spacial score (nSPS) is 14.8. The Morgan fingerprint density at radius 3 is 2.95 bits per heavy atom. The third-order valence-corrected chi connectivity index (χ3v) is 5.04. The highest BCUT2D eigenvalue weighted by Crippen LogP contribution is 2.31. The van der Waals surface area contributed by atoms with Crippen molar-refractivity contribution in [1.29, 1.82) is 0 Å². The zero-order valence-electron chi connectivity index (χ0n) is 12.3. The third-order valence-electron chi connectivity index (χ3n) is 3.99. The average molecular weight is 314 g/mol. The highest BCUT2D eigenvalue weighted by atomic mass is 32.1. The first kappa shape index (κ1) is 13.6. The molecule has 0 atom stereocenters. The van der Waals surface area contributed by atoms with Gasteiger partial charge in [-0.2, -0.15) is 0 Å². The third kappa shape index (κ3) is 2.66. The topological polar surface area (TPSA) is 47.1 Å². The molecule has 3 aromatic heterocycles. The van der Waals surface area contributed by atoms with Gasteiger partial charge in [0.15, 0.2) is 11.0 Å². The lowest BCUT2D eigenvalue weighted by Gasteiger charge is -2.12. The number of imidazole rings is 1. The van der Waals surface area contributed by atoms with Crippen molar-refractivity contribution < 1.29 is 4.42 Å². The second kappa shape index (κ2) is 5.96. The molecule has 1 aliphatic rings. The number of aryl methyl sites for hydroxylation is 2. The lowest BCUT2D eigenvalue weighted by Crippen LogP contribution is -2.16. The minimum atomic E-state index is 0.861. The molecule has 22 heavy (non-hydrogen) atoms. The van der Waals surface area contributed by atoms with E-state index in [1.807, 2.05) is 30.7 Å². The van der Waals surface area contributed by atoms with E-state index in [0.717, 1.165) is 47.6 Å². The molecule has 0 bridgehead atoms. The van der Waals surface area contributed by atoms with Gasteiger partial charge in [-0.15, -0.1) is 0 Å². The van der Waals surface area contributed by atoms with E-state index in [0.29, 0.717) is 0 Å². The number of rotatable bonds is 5. The van der Waals surface area contributed by atoms with Gasteiger partial charge >= 0.3 is 0 Å². The average Bonchev–Trinajstić information content (AvgIpc) is 3.33. The van der Waals surface area contributed by atoms with Crippen LogP contribution in [0.5, 0.6) is 0 Å². The van der Waals surface area contributed by atoms with Crippen LogP contribution < -0.4 is 4.90 Å². The van der Waals surface area contributed by atoms with Crippen molar-refractivity contribution in [3.05, 3.63) is 42.7 Å². The molecular formula is C16H18N4OS. The second-order valence-electron chi connectivity index (χ2n) is 5.47. The van der Waals surface area contributed by atoms with Crippen molar-refractivity contribution in [3.8, 4) is 10.7 Å². The Kier molecular flexibility index (Phi) is 3.68. The van der Waals surface area contributed by atoms with Crippen LogP contribution >= 0.6 is 11.3 Å². The fourth-order valence-corrected chi connectivity index (χ4v) is 3.80. The smallest absolute Gasteiger partial charge is 0.185 e. The van der Waals surface area contributed by atoms with E-state index in [4.69, 9.17) is 4.42 Å². The van der Waals surface area contributed by atoms with Gasteiger partial charge in [-0.05, 0) is 25.0 Å². The van der Waals surface area contributed by atoms with Crippen LogP contribution in [0.25, 0.3) is 10.7 Å². The lowest BCUT2D eigenvalue weighted by atomic mass is 10.3. The Balaban J connectivity index is 1.51. The van der Waals surface area contributed by atoms with Gasteiger partial charge in [0, 0.05) is 38.4 Å². The van der Waals surface area contributed by atoms with Crippen molar-refractivity contribution >= 4 is 16.5 Å². The summed E-state index contributed by atoms with van der Waals surface area (Å²) < 4.78 is 7.57. The summed E-state index contributed by atoms with van der Waals surface area (Å²) in [6.45, 7) is 3.11. The molecule has 0 radical (unpaired) electrons. The molecule has 3 aromatic rings. The van der Waals surface area contributed by atoms with Crippen LogP contribution in [0.2, 0.25) is 0 Å². The highest BCUT2D eigenvalue weighted by molar-refractivity contribution is 7.18. The van der Waals surface area contributed by atoms with Crippen LogP contribution in [0.15, 0.2) is 41.4 Å². The maximum absolute atomic E-state index is 5.40. The van der Waals surface area contributed by atoms with Crippen LogP contribution in [-0.2, 0) is 13.0 Å². The highest BCUT2D eigenvalue weighted by Gasteiger charge is 2.17. The van der Waals surface area contributed by atoms with Crippen LogP contribution in [0.1, 0.15) is 18.6 Å². The van der Waals surface area contributed by atoms with E-state index in [-0.39, 0.29) is 0 Å². The van der Waals surface area contributed by atoms with Crippen molar-refractivity contribution in [2.24, 2.45) is 0 Å². The quantitative estimate of drug-likeness (QED) is 0.724. The molecule has 0 unspecified atom stereocenters. The van der Waals surface area contributed by atoms with Crippen molar-refractivity contribution in [1.82, 2.24) is 14.5 Å². The number of thiazole rings is 1. The van der Waals surface area contributed by atoms with E-state index in [1.165, 1.54) is 12.8 Å². The molecule has 4 rings (SSSR count). The molecular weight excluding hydrogens is 296 g/mol. The number of aromatic nitrogens is 3. The first-order valence-corrected chi connectivity index (χ1v) is 8.46. The van der Waals surface area contributed by atoms with E-state index >= 15 is 0 Å². The van der Waals surface area contributed by atoms with Crippen molar-refractivity contribution in [2.75, 3.05) is 18.0 Å². The Bertz CT molecular complexity index is 725.